The van der Waals surface area contributed by atoms with E-state index in [1.54, 1.807) is 0 Å². The summed E-state index contributed by atoms with van der Waals surface area (Å²) in [5.41, 5.74) is 0. The van der Waals surface area contributed by atoms with Gasteiger partial charge in [0.1, 0.15) is 48.8 Å². The van der Waals surface area contributed by atoms with E-state index < -0.39 is 72.1 Å². The van der Waals surface area contributed by atoms with Crippen molar-refractivity contribution in [2.45, 2.75) is 139 Å². The van der Waals surface area contributed by atoms with E-state index in [-0.39, 0.29) is 13.2 Å². The first kappa shape index (κ1) is 35.7. The zero-order valence-corrected chi connectivity index (χ0v) is 24.3. The minimum absolute atomic E-state index is 0.0739. The molecule has 0 saturated carbocycles. The van der Waals surface area contributed by atoms with Crippen LogP contribution in [-0.2, 0) is 33.5 Å². The maximum Gasteiger partial charge on any atom is 0.397 e. The van der Waals surface area contributed by atoms with Crippen LogP contribution in [0.1, 0.15) is 84.0 Å². The maximum absolute atomic E-state index is 11.1. The van der Waals surface area contributed by atoms with Gasteiger partial charge in [0.25, 0.3) is 0 Å². The Morgan fingerprint density at radius 2 is 1.45 bits per heavy atom. The largest absolute Gasteiger partial charge is 0.397 e. The van der Waals surface area contributed by atoms with Crippen LogP contribution in [0.2, 0.25) is 0 Å². The van der Waals surface area contributed by atoms with Crippen molar-refractivity contribution in [3.8, 4) is 0 Å². The van der Waals surface area contributed by atoms with Crippen molar-refractivity contribution >= 4 is 10.4 Å². The summed E-state index contributed by atoms with van der Waals surface area (Å²) >= 11 is 0. The number of hydrogen-bond donors (Lipinski definition) is 6. The molecule has 40 heavy (non-hydrogen) atoms. The van der Waals surface area contributed by atoms with Gasteiger partial charge >= 0.3 is 10.4 Å². The molecule has 2 aliphatic heterocycles. The first-order chi connectivity index (χ1) is 19.1. The summed E-state index contributed by atoms with van der Waals surface area (Å²) in [7, 11) is -5.03. The highest BCUT2D eigenvalue weighted by Gasteiger charge is 2.51. The molecule has 13 nitrogen and oxygen atoms in total. The zero-order chi connectivity index (χ0) is 29.5. The Balaban J connectivity index is 1.68. The first-order valence-corrected chi connectivity index (χ1v) is 15.9. The summed E-state index contributed by atoms with van der Waals surface area (Å²) < 4.78 is 57.4. The molecule has 0 aromatic carbocycles. The van der Waals surface area contributed by atoms with Gasteiger partial charge in [0.15, 0.2) is 6.29 Å². The van der Waals surface area contributed by atoms with Crippen LogP contribution in [0.3, 0.4) is 0 Å². The average molecular weight is 603 g/mol. The molecule has 238 valence electrons. The quantitative estimate of drug-likeness (QED) is 0.0798. The van der Waals surface area contributed by atoms with Crippen molar-refractivity contribution < 1.29 is 61.6 Å². The monoisotopic (exact) mass is 602 g/mol. The van der Waals surface area contributed by atoms with Crippen molar-refractivity contribution in [3.63, 3.8) is 0 Å². The van der Waals surface area contributed by atoms with Crippen molar-refractivity contribution in [1.29, 1.82) is 0 Å². The highest BCUT2D eigenvalue weighted by Crippen LogP contribution is 2.30. The van der Waals surface area contributed by atoms with E-state index in [0.29, 0.717) is 6.61 Å². The molecule has 9 atom stereocenters. The molecule has 2 fully saturated rings. The molecule has 2 saturated heterocycles. The van der Waals surface area contributed by atoms with Gasteiger partial charge in [0.05, 0.1) is 19.8 Å². The molecule has 14 heteroatoms. The fraction of sp³-hybridized carbons (Fsp3) is 1.00. The smallest absolute Gasteiger partial charge is 0.394 e. The molecule has 6 N–H and O–H groups in total. The predicted octanol–water partition coefficient (Wildman–Crippen LogP) is 0.837. The first-order valence-electron chi connectivity index (χ1n) is 14.6. The van der Waals surface area contributed by atoms with Crippen LogP contribution in [-0.4, -0.2) is 120 Å². The standard InChI is InChI=1S/C26H50O13S/c1-2-3-4-5-6-7-8-9-10-11-12-13-14-35-16-18(28)23-24(19(29)17-36-23)38-26-22(31)21(30)25(20(15-27)37-26)39-40(32,33)34/h18-31H,2-17H2,1H3,(H,32,33,34)/t18-,19+,20+,21+,22+,23+,24-,25-,26-/m0/s1. The highest BCUT2D eigenvalue weighted by atomic mass is 32.3. The molecular weight excluding hydrogens is 552 g/mol. The summed E-state index contributed by atoms with van der Waals surface area (Å²) in [5, 5.41) is 51.1. The van der Waals surface area contributed by atoms with Crippen LogP contribution in [0.5, 0.6) is 0 Å². The summed E-state index contributed by atoms with van der Waals surface area (Å²) in [4.78, 5) is 0. The van der Waals surface area contributed by atoms with E-state index in [0.717, 1.165) is 19.3 Å². The summed E-state index contributed by atoms with van der Waals surface area (Å²) in [6.07, 6.45) is 1.35. The number of hydrogen-bond acceptors (Lipinski definition) is 12. The predicted molar refractivity (Wildman–Crippen MR) is 143 cm³/mol. The molecule has 2 aliphatic rings. The topological polar surface area (TPSA) is 202 Å². The molecule has 0 spiro atoms. The molecule has 0 bridgehead atoms. The van der Waals surface area contributed by atoms with Crippen LogP contribution < -0.4 is 0 Å². The van der Waals surface area contributed by atoms with Crippen LogP contribution in [0.25, 0.3) is 0 Å². The van der Waals surface area contributed by atoms with Crippen LogP contribution in [0, 0.1) is 0 Å². The second kappa shape index (κ2) is 18.9. The Kier molecular flexibility index (Phi) is 16.9. The second-order valence-corrected chi connectivity index (χ2v) is 11.7. The molecule has 0 aromatic heterocycles. The van der Waals surface area contributed by atoms with Gasteiger partial charge in [-0.25, -0.2) is 4.18 Å². The lowest BCUT2D eigenvalue weighted by Crippen LogP contribution is -2.61. The van der Waals surface area contributed by atoms with Crippen LogP contribution in [0.4, 0.5) is 0 Å². The third kappa shape index (κ3) is 12.4. The van der Waals surface area contributed by atoms with Crippen LogP contribution >= 0.6 is 0 Å². The van der Waals surface area contributed by atoms with E-state index in [4.69, 9.17) is 23.5 Å². The molecule has 2 rings (SSSR count). The fourth-order valence-corrected chi connectivity index (χ4v) is 5.56. The molecule has 0 radical (unpaired) electrons. The number of ether oxygens (including phenoxy) is 4. The summed E-state index contributed by atoms with van der Waals surface area (Å²) in [5.74, 6) is 0. The Morgan fingerprint density at radius 3 is 2.00 bits per heavy atom. The number of rotatable bonds is 21. The fourth-order valence-electron chi connectivity index (χ4n) is 5.04. The van der Waals surface area contributed by atoms with Crippen molar-refractivity contribution in [1.82, 2.24) is 0 Å². The molecule has 0 aromatic rings. The Labute approximate surface area is 237 Å². The lowest BCUT2D eigenvalue weighted by Gasteiger charge is -2.42. The minimum Gasteiger partial charge on any atom is -0.394 e. The second-order valence-electron chi connectivity index (χ2n) is 10.7. The zero-order valence-electron chi connectivity index (χ0n) is 23.5. The van der Waals surface area contributed by atoms with Crippen LogP contribution in [0.15, 0.2) is 0 Å². The summed E-state index contributed by atoms with van der Waals surface area (Å²) in [6.45, 7) is 1.60. The number of aliphatic hydroxyl groups excluding tert-OH is 5. The third-order valence-electron chi connectivity index (χ3n) is 7.32. The number of aliphatic hydroxyl groups is 5. The lowest BCUT2D eigenvalue weighted by atomic mass is 9.99. The Morgan fingerprint density at radius 1 is 0.875 bits per heavy atom. The molecule has 0 amide bonds. The lowest BCUT2D eigenvalue weighted by molar-refractivity contribution is -0.316. The molecule has 0 aliphatic carbocycles. The van der Waals surface area contributed by atoms with Gasteiger partial charge in [-0.2, -0.15) is 8.42 Å². The van der Waals surface area contributed by atoms with E-state index in [1.807, 2.05) is 0 Å². The van der Waals surface area contributed by atoms with Gasteiger partial charge in [-0.05, 0) is 6.42 Å². The molecule has 2 heterocycles. The SMILES string of the molecule is CCCCCCCCCCCCCCOC[C@H](O)[C@H]1OC[C@@H](O)[C@@H]1O[C@@H]1O[C@H](CO)[C@H](OS(=O)(=O)O)[C@H](O)[C@H]1O. The van der Waals surface area contributed by atoms with Gasteiger partial charge in [-0.1, -0.05) is 77.6 Å². The minimum atomic E-state index is -5.03. The number of unbranched alkanes of at least 4 members (excludes halogenated alkanes) is 11. The van der Waals surface area contributed by atoms with E-state index in [9.17, 15) is 34.0 Å². The van der Waals surface area contributed by atoms with Crippen molar-refractivity contribution in [2.24, 2.45) is 0 Å². The highest BCUT2D eigenvalue weighted by molar-refractivity contribution is 7.80. The summed E-state index contributed by atoms with van der Waals surface area (Å²) in [6, 6.07) is 0. The Hall–Kier alpha value is -0.490. The van der Waals surface area contributed by atoms with Gasteiger partial charge < -0.3 is 44.5 Å². The van der Waals surface area contributed by atoms with E-state index in [2.05, 4.69) is 11.1 Å². The third-order valence-corrected chi connectivity index (χ3v) is 7.78. The van der Waals surface area contributed by atoms with E-state index in [1.165, 1.54) is 57.8 Å². The molecule has 0 unspecified atom stereocenters. The average Bonchev–Trinajstić information content (AvgIpc) is 3.27. The maximum atomic E-state index is 11.1. The van der Waals surface area contributed by atoms with Gasteiger partial charge in [0.2, 0.25) is 0 Å². The molecular formula is C26H50O13S. The van der Waals surface area contributed by atoms with Crippen molar-refractivity contribution in [3.05, 3.63) is 0 Å². The van der Waals surface area contributed by atoms with Crippen molar-refractivity contribution in [2.75, 3.05) is 26.4 Å². The normalized spacial score (nSPS) is 32.0. The van der Waals surface area contributed by atoms with E-state index >= 15 is 0 Å². The van der Waals surface area contributed by atoms with Gasteiger partial charge in [-0.3, -0.25) is 4.55 Å². The Bertz CT molecular complexity index is 768. The van der Waals surface area contributed by atoms with Gasteiger partial charge in [0, 0.05) is 6.61 Å². The van der Waals surface area contributed by atoms with Gasteiger partial charge in [-0.15, -0.1) is 0 Å².